The number of hydrogen-bond acceptors (Lipinski definition) is 4. The lowest BCUT2D eigenvalue weighted by atomic mass is 9.80. The van der Waals surface area contributed by atoms with Crippen molar-refractivity contribution in [2.75, 3.05) is 17.3 Å². The number of amides is 1. The Labute approximate surface area is 177 Å². The summed E-state index contributed by atoms with van der Waals surface area (Å²) in [6.45, 7) is 2.08. The summed E-state index contributed by atoms with van der Waals surface area (Å²) in [6, 6.07) is 15.1. The Morgan fingerprint density at radius 1 is 1.17 bits per heavy atom. The molecular formula is C25H28N2O3. The molecule has 1 heterocycles. The highest BCUT2D eigenvalue weighted by Crippen LogP contribution is 2.48. The standard InChI is InChI=1S/C25H28N2O3/c1-3-4-16-23(29)27-20-13-7-6-11-18(20)26-19-12-9-14-21(28)24(19)25(27)17-10-5-8-15-22(17)30-2/h5-8,10-13,15,24-26H,3-4,9,14,16H2,1-2H3/t24-,25+/m0/s1. The van der Waals surface area contributed by atoms with Gasteiger partial charge in [-0.3, -0.25) is 9.59 Å². The predicted octanol–water partition coefficient (Wildman–Crippen LogP) is 5.25. The molecular weight excluding hydrogens is 376 g/mol. The minimum absolute atomic E-state index is 0.0293. The second-order valence-electron chi connectivity index (χ2n) is 7.84. The first-order valence-corrected chi connectivity index (χ1v) is 10.7. The van der Waals surface area contributed by atoms with Crippen molar-refractivity contribution in [2.24, 2.45) is 5.92 Å². The van der Waals surface area contributed by atoms with Gasteiger partial charge in [0, 0.05) is 24.1 Å². The van der Waals surface area contributed by atoms with Crippen LogP contribution in [0, 0.1) is 5.92 Å². The van der Waals surface area contributed by atoms with Gasteiger partial charge >= 0.3 is 0 Å². The average Bonchev–Trinajstić information content (AvgIpc) is 2.92. The zero-order chi connectivity index (χ0) is 21.1. The van der Waals surface area contributed by atoms with Crippen LogP contribution in [-0.2, 0) is 9.59 Å². The lowest BCUT2D eigenvalue weighted by molar-refractivity contribution is -0.123. The minimum atomic E-state index is -0.458. The molecule has 1 amide bonds. The Kier molecular flexibility index (Phi) is 5.88. The second-order valence-corrected chi connectivity index (χ2v) is 7.84. The number of fused-ring (bicyclic) bond motifs is 2. The summed E-state index contributed by atoms with van der Waals surface area (Å²) >= 11 is 0. The number of unbranched alkanes of at least 4 members (excludes halogenated alkanes) is 1. The van der Waals surface area contributed by atoms with E-state index in [0.717, 1.165) is 35.5 Å². The van der Waals surface area contributed by atoms with Gasteiger partial charge in [0.1, 0.15) is 11.5 Å². The Morgan fingerprint density at radius 2 is 1.93 bits per heavy atom. The van der Waals surface area contributed by atoms with Gasteiger partial charge < -0.3 is 15.0 Å². The molecule has 4 rings (SSSR count). The Morgan fingerprint density at radius 3 is 2.73 bits per heavy atom. The summed E-state index contributed by atoms with van der Waals surface area (Å²) in [4.78, 5) is 28.6. The van der Waals surface area contributed by atoms with Gasteiger partial charge in [0.15, 0.2) is 0 Å². The van der Waals surface area contributed by atoms with E-state index in [-0.39, 0.29) is 11.7 Å². The van der Waals surface area contributed by atoms with Crippen LogP contribution < -0.4 is 15.0 Å². The van der Waals surface area contributed by atoms with Crippen LogP contribution in [0.1, 0.15) is 50.6 Å². The smallest absolute Gasteiger partial charge is 0.227 e. The molecule has 2 atom stereocenters. The number of ether oxygens (including phenoxy) is 1. The quantitative estimate of drug-likeness (QED) is 0.740. The number of hydrogen-bond donors (Lipinski definition) is 1. The summed E-state index contributed by atoms with van der Waals surface area (Å²) in [5, 5.41) is 3.48. The number of nitrogens with zero attached hydrogens (tertiary/aromatic N) is 1. The first-order chi connectivity index (χ1) is 14.7. The number of benzene rings is 2. The Bertz CT molecular complexity index is 982. The van der Waals surface area contributed by atoms with Gasteiger partial charge in [-0.1, -0.05) is 49.8 Å². The molecule has 0 spiro atoms. The molecule has 1 aliphatic heterocycles. The highest BCUT2D eigenvalue weighted by atomic mass is 16.5. The fourth-order valence-electron chi connectivity index (χ4n) is 4.51. The van der Waals surface area contributed by atoms with Crippen molar-refractivity contribution < 1.29 is 14.3 Å². The van der Waals surface area contributed by atoms with Crippen molar-refractivity contribution in [2.45, 2.75) is 45.1 Å². The molecule has 0 aromatic heterocycles. The van der Waals surface area contributed by atoms with Crippen molar-refractivity contribution in [1.82, 2.24) is 0 Å². The molecule has 5 heteroatoms. The van der Waals surface area contributed by atoms with Gasteiger partial charge in [-0.2, -0.15) is 0 Å². The number of para-hydroxylation sites is 3. The van der Waals surface area contributed by atoms with Crippen LogP contribution in [0.4, 0.5) is 11.4 Å². The molecule has 0 unspecified atom stereocenters. The van der Waals surface area contributed by atoms with Gasteiger partial charge in [0.25, 0.3) is 0 Å². The van der Waals surface area contributed by atoms with Crippen LogP contribution in [0.2, 0.25) is 0 Å². The monoisotopic (exact) mass is 404 g/mol. The van der Waals surface area contributed by atoms with Crippen molar-refractivity contribution in [1.29, 1.82) is 0 Å². The summed E-state index contributed by atoms with van der Waals surface area (Å²) in [6.07, 6.45) is 5.48. The largest absolute Gasteiger partial charge is 0.496 e. The number of carbonyl (C=O) groups is 2. The van der Waals surface area contributed by atoms with Crippen molar-refractivity contribution in [3.63, 3.8) is 0 Å². The number of ketones is 1. The molecule has 0 radical (unpaired) electrons. The number of allylic oxidation sites excluding steroid dienone is 1. The molecule has 156 valence electrons. The van der Waals surface area contributed by atoms with Crippen LogP contribution in [0.15, 0.2) is 60.3 Å². The van der Waals surface area contributed by atoms with Crippen LogP contribution in [0.5, 0.6) is 5.75 Å². The summed E-state index contributed by atoms with van der Waals surface area (Å²) in [5.74, 6) is 0.416. The highest BCUT2D eigenvalue weighted by molar-refractivity contribution is 6.01. The first kappa shape index (κ1) is 20.2. The third-order valence-electron chi connectivity index (χ3n) is 5.94. The molecule has 0 saturated heterocycles. The number of nitrogens with one attached hydrogen (secondary N) is 1. The van der Waals surface area contributed by atoms with E-state index in [0.29, 0.717) is 25.0 Å². The summed E-state index contributed by atoms with van der Waals surface area (Å²) in [7, 11) is 1.63. The lowest BCUT2D eigenvalue weighted by Crippen LogP contribution is -2.42. The van der Waals surface area contributed by atoms with Gasteiger partial charge in [-0.25, -0.2) is 0 Å². The topological polar surface area (TPSA) is 58.6 Å². The maximum Gasteiger partial charge on any atom is 0.227 e. The molecule has 2 aromatic carbocycles. The van der Waals surface area contributed by atoms with E-state index in [4.69, 9.17) is 4.74 Å². The van der Waals surface area contributed by atoms with Crippen LogP contribution in [0.3, 0.4) is 0 Å². The van der Waals surface area contributed by atoms with Gasteiger partial charge in [0.2, 0.25) is 5.91 Å². The fourth-order valence-corrected chi connectivity index (χ4v) is 4.51. The third kappa shape index (κ3) is 3.60. The van der Waals surface area contributed by atoms with E-state index in [9.17, 15) is 9.59 Å². The number of rotatable bonds is 5. The molecule has 1 aliphatic carbocycles. The van der Waals surface area contributed by atoms with E-state index in [1.54, 1.807) is 7.11 Å². The molecule has 2 aliphatic rings. The minimum Gasteiger partial charge on any atom is -0.496 e. The van der Waals surface area contributed by atoms with E-state index in [2.05, 4.69) is 18.3 Å². The van der Waals surface area contributed by atoms with Gasteiger partial charge in [0.05, 0.1) is 30.4 Å². The lowest BCUT2D eigenvalue weighted by Gasteiger charge is -2.37. The number of anilines is 2. The van der Waals surface area contributed by atoms with Crippen molar-refractivity contribution in [3.8, 4) is 5.75 Å². The van der Waals surface area contributed by atoms with Crippen LogP contribution in [0.25, 0.3) is 0 Å². The molecule has 2 aromatic rings. The first-order valence-electron chi connectivity index (χ1n) is 10.7. The summed E-state index contributed by atoms with van der Waals surface area (Å²) in [5.41, 5.74) is 3.39. The van der Waals surface area contributed by atoms with Crippen molar-refractivity contribution >= 4 is 23.1 Å². The molecule has 0 bridgehead atoms. The number of carbonyl (C=O) groups excluding carboxylic acids is 2. The number of Topliss-reactive ketones (excluding diaryl/α,β-unsaturated/α-hetero) is 1. The zero-order valence-corrected chi connectivity index (χ0v) is 17.6. The maximum atomic E-state index is 13.6. The maximum absolute atomic E-state index is 13.6. The van der Waals surface area contributed by atoms with Crippen molar-refractivity contribution in [3.05, 3.63) is 65.9 Å². The van der Waals surface area contributed by atoms with E-state index >= 15 is 0 Å². The van der Waals surface area contributed by atoms with Gasteiger partial charge in [-0.15, -0.1) is 0 Å². The molecule has 0 fully saturated rings. The normalized spacial score (nSPS) is 20.4. The van der Waals surface area contributed by atoms with Crippen LogP contribution >= 0.6 is 0 Å². The van der Waals surface area contributed by atoms with Crippen LogP contribution in [-0.4, -0.2) is 18.8 Å². The molecule has 0 saturated carbocycles. The Hall–Kier alpha value is -3.08. The average molecular weight is 405 g/mol. The fraction of sp³-hybridized carbons (Fsp3) is 0.360. The summed E-state index contributed by atoms with van der Waals surface area (Å²) < 4.78 is 5.66. The molecule has 30 heavy (non-hydrogen) atoms. The van der Waals surface area contributed by atoms with E-state index in [1.807, 2.05) is 53.4 Å². The second kappa shape index (κ2) is 8.74. The van der Waals surface area contributed by atoms with E-state index in [1.165, 1.54) is 0 Å². The SMILES string of the molecule is CCCCC(=O)N1c2ccccc2NC2=CCCC(=O)[C@H]2[C@H]1c1ccccc1OC. The molecule has 1 N–H and O–H groups in total. The highest BCUT2D eigenvalue weighted by Gasteiger charge is 2.44. The van der Waals surface area contributed by atoms with Gasteiger partial charge in [-0.05, 0) is 31.0 Å². The third-order valence-corrected chi connectivity index (χ3v) is 5.94. The molecule has 5 nitrogen and oxygen atoms in total. The predicted molar refractivity (Wildman–Crippen MR) is 119 cm³/mol. The zero-order valence-electron chi connectivity index (χ0n) is 17.6. The van der Waals surface area contributed by atoms with E-state index < -0.39 is 12.0 Å². The Balaban J connectivity index is 1.96. The number of methoxy groups -OCH3 is 1.